The highest BCUT2D eigenvalue weighted by atomic mass is 19.2. The molecule has 1 fully saturated rings. The van der Waals surface area contributed by atoms with Crippen LogP contribution in [0.2, 0.25) is 0 Å². The third-order valence-electron chi connectivity index (χ3n) is 3.37. The van der Waals surface area contributed by atoms with Gasteiger partial charge in [-0.1, -0.05) is 6.58 Å². The van der Waals surface area contributed by atoms with E-state index < -0.39 is 36.3 Å². The molecule has 0 radical (unpaired) electrons. The zero-order chi connectivity index (χ0) is 14.4. The van der Waals surface area contributed by atoms with Crippen LogP contribution in [0.3, 0.4) is 0 Å². The fourth-order valence-electron chi connectivity index (χ4n) is 2.23. The van der Waals surface area contributed by atoms with Gasteiger partial charge in [0.05, 0.1) is 6.42 Å². The lowest BCUT2D eigenvalue weighted by molar-refractivity contribution is -0.212. The second kappa shape index (κ2) is 4.38. The number of carbonyl (C=O) groups is 1. The molecule has 0 saturated carbocycles. The van der Waals surface area contributed by atoms with Crippen molar-refractivity contribution in [3.05, 3.63) is 24.4 Å². The molecule has 7 heteroatoms. The smallest absolute Gasteiger partial charge is 0.263 e. The van der Waals surface area contributed by atoms with Gasteiger partial charge in [-0.25, -0.2) is 4.39 Å². The largest absolute Gasteiger partial charge is 0.390 e. The number of alkyl halides is 1. The molecule has 2 aliphatic rings. The summed E-state index contributed by atoms with van der Waals surface area (Å²) < 4.78 is 19.0. The lowest BCUT2D eigenvalue weighted by Gasteiger charge is -2.34. The van der Waals surface area contributed by atoms with Crippen LogP contribution in [0.25, 0.3) is 0 Å². The Morgan fingerprint density at radius 1 is 1.68 bits per heavy atom. The van der Waals surface area contributed by atoms with Gasteiger partial charge in [0.15, 0.2) is 6.23 Å². The number of halogens is 1. The van der Waals surface area contributed by atoms with Crippen LogP contribution in [0, 0.1) is 0 Å². The van der Waals surface area contributed by atoms with Gasteiger partial charge in [0.2, 0.25) is 5.91 Å². The van der Waals surface area contributed by atoms with Crippen LogP contribution < -0.4 is 0 Å². The van der Waals surface area contributed by atoms with Crippen LogP contribution >= 0.6 is 0 Å². The fourth-order valence-corrected chi connectivity index (χ4v) is 2.23. The van der Waals surface area contributed by atoms with Gasteiger partial charge < -0.3 is 20.1 Å². The van der Waals surface area contributed by atoms with Crippen molar-refractivity contribution in [3.63, 3.8) is 0 Å². The summed E-state index contributed by atoms with van der Waals surface area (Å²) in [5.74, 6) is -3.25. The van der Waals surface area contributed by atoms with Crippen molar-refractivity contribution >= 4 is 5.91 Å². The molecule has 19 heavy (non-hydrogen) atoms. The van der Waals surface area contributed by atoms with E-state index in [1.54, 1.807) is 0 Å². The van der Waals surface area contributed by atoms with Crippen LogP contribution in [0.1, 0.15) is 13.3 Å². The second-order valence-electron chi connectivity index (χ2n) is 4.99. The van der Waals surface area contributed by atoms with Gasteiger partial charge >= 0.3 is 0 Å². The molecule has 0 bridgehead atoms. The van der Waals surface area contributed by atoms with Gasteiger partial charge in [-0.2, -0.15) is 0 Å². The summed E-state index contributed by atoms with van der Waals surface area (Å²) >= 11 is 0. The predicted molar refractivity (Wildman–Crippen MR) is 62.2 cm³/mol. The van der Waals surface area contributed by atoms with Crippen molar-refractivity contribution in [3.8, 4) is 0 Å². The molecule has 106 valence electrons. The summed E-state index contributed by atoms with van der Waals surface area (Å²) in [6, 6.07) is 0. The molecule has 2 aliphatic heterocycles. The molecule has 2 rings (SSSR count). The Balaban J connectivity index is 2.33. The number of carbonyl (C=O) groups excluding carboxylic acids is 1. The number of nitrogens with zero attached hydrogens (tertiary/aromatic N) is 1. The van der Waals surface area contributed by atoms with Crippen LogP contribution in [0.4, 0.5) is 4.39 Å². The summed E-state index contributed by atoms with van der Waals surface area (Å²) in [5.41, 5.74) is -1.47. The molecular formula is C12H16FNO5. The Labute approximate surface area is 109 Å². The molecule has 1 saturated heterocycles. The highest BCUT2D eigenvalue weighted by Crippen LogP contribution is 2.41. The molecule has 0 aromatic rings. The number of allylic oxidation sites excluding steroid dienone is 1. The molecule has 0 spiro atoms. The average molecular weight is 273 g/mol. The van der Waals surface area contributed by atoms with E-state index in [1.807, 2.05) is 0 Å². The lowest BCUT2D eigenvalue weighted by Crippen LogP contribution is -2.54. The van der Waals surface area contributed by atoms with Crippen molar-refractivity contribution in [2.45, 2.75) is 37.1 Å². The molecule has 0 aromatic carbocycles. The van der Waals surface area contributed by atoms with E-state index in [9.17, 15) is 19.4 Å². The molecule has 2 heterocycles. The van der Waals surface area contributed by atoms with Crippen LogP contribution in [0.5, 0.6) is 0 Å². The lowest BCUT2D eigenvalue weighted by atomic mass is 9.94. The molecule has 0 aliphatic carbocycles. The maximum Gasteiger partial charge on any atom is 0.263 e. The number of aliphatic hydroxyl groups is 3. The van der Waals surface area contributed by atoms with Crippen molar-refractivity contribution in [1.29, 1.82) is 0 Å². The first-order valence-corrected chi connectivity index (χ1v) is 5.77. The Morgan fingerprint density at radius 3 is 2.79 bits per heavy atom. The number of aliphatic hydroxyl groups excluding tert-OH is 2. The summed E-state index contributed by atoms with van der Waals surface area (Å²) in [5, 5.41) is 28.8. The van der Waals surface area contributed by atoms with E-state index in [4.69, 9.17) is 9.84 Å². The van der Waals surface area contributed by atoms with Gasteiger partial charge in [0, 0.05) is 6.20 Å². The van der Waals surface area contributed by atoms with Crippen LogP contribution in [-0.2, 0) is 9.53 Å². The number of amides is 1. The molecule has 0 aromatic heterocycles. The Bertz CT molecular complexity index is 449. The van der Waals surface area contributed by atoms with E-state index >= 15 is 0 Å². The van der Waals surface area contributed by atoms with E-state index in [2.05, 4.69) is 6.58 Å². The Hall–Kier alpha value is -1.28. The standard InChI is InChI=1S/C12H16FNO5/c1-7-3-4-14(8(16)5-7)10-11(2,18)9(17)12(13,6-15)19-10/h3-4,9-10,15,17-18H,1,5-6H2,2H3/t9-,10+,11+,12+/m0/s1. The number of hydrogen-bond acceptors (Lipinski definition) is 5. The predicted octanol–water partition coefficient (Wildman–Crippen LogP) is -0.585. The number of ether oxygens (including phenoxy) is 1. The molecule has 3 N–H and O–H groups in total. The monoisotopic (exact) mass is 273 g/mol. The Kier molecular flexibility index (Phi) is 3.26. The highest BCUT2D eigenvalue weighted by Gasteiger charge is 2.64. The molecular weight excluding hydrogens is 257 g/mol. The number of hydrogen-bond donors (Lipinski definition) is 3. The normalized spacial score (nSPS) is 43.1. The average Bonchev–Trinajstić information content (AvgIpc) is 2.51. The minimum atomic E-state index is -2.81. The third-order valence-corrected chi connectivity index (χ3v) is 3.37. The van der Waals surface area contributed by atoms with E-state index in [0.717, 1.165) is 11.8 Å². The SMILES string of the molecule is C=C1C=CN([C@@H]2O[C@](F)(CO)[C@@H](O)[C@@]2(C)O)C(=O)C1. The second-order valence-corrected chi connectivity index (χ2v) is 4.99. The molecule has 6 nitrogen and oxygen atoms in total. The van der Waals surface area contributed by atoms with Crippen molar-refractivity contribution in [2.24, 2.45) is 0 Å². The first-order chi connectivity index (χ1) is 8.72. The van der Waals surface area contributed by atoms with E-state index in [-0.39, 0.29) is 6.42 Å². The Morgan fingerprint density at radius 2 is 2.32 bits per heavy atom. The quantitative estimate of drug-likeness (QED) is 0.626. The van der Waals surface area contributed by atoms with Crippen molar-refractivity contribution in [1.82, 2.24) is 4.90 Å². The van der Waals surface area contributed by atoms with E-state index in [1.165, 1.54) is 12.3 Å². The summed E-state index contributed by atoms with van der Waals surface area (Å²) in [6.45, 7) is 3.64. The van der Waals surface area contributed by atoms with E-state index in [0.29, 0.717) is 5.57 Å². The summed E-state index contributed by atoms with van der Waals surface area (Å²) in [6.07, 6.45) is -0.535. The fraction of sp³-hybridized carbons (Fsp3) is 0.583. The first kappa shape index (κ1) is 14.1. The van der Waals surface area contributed by atoms with Gasteiger partial charge in [0.1, 0.15) is 18.3 Å². The number of rotatable bonds is 2. The molecule has 1 amide bonds. The van der Waals surface area contributed by atoms with Crippen molar-refractivity contribution in [2.75, 3.05) is 6.61 Å². The minimum Gasteiger partial charge on any atom is -0.390 e. The van der Waals surface area contributed by atoms with Gasteiger partial charge in [0.25, 0.3) is 5.85 Å². The van der Waals surface area contributed by atoms with Gasteiger partial charge in [-0.3, -0.25) is 9.69 Å². The third kappa shape index (κ3) is 2.08. The molecule has 4 atom stereocenters. The highest BCUT2D eigenvalue weighted by molar-refractivity contribution is 5.82. The maximum absolute atomic E-state index is 14.1. The van der Waals surface area contributed by atoms with Gasteiger partial charge in [-0.15, -0.1) is 0 Å². The van der Waals surface area contributed by atoms with Crippen LogP contribution in [0.15, 0.2) is 24.4 Å². The zero-order valence-corrected chi connectivity index (χ0v) is 10.4. The van der Waals surface area contributed by atoms with Crippen molar-refractivity contribution < 1.29 is 29.2 Å². The zero-order valence-electron chi connectivity index (χ0n) is 10.4. The van der Waals surface area contributed by atoms with Gasteiger partial charge in [-0.05, 0) is 18.6 Å². The molecule has 0 unspecified atom stereocenters. The first-order valence-electron chi connectivity index (χ1n) is 5.77. The summed E-state index contributed by atoms with van der Waals surface area (Å²) in [7, 11) is 0. The summed E-state index contributed by atoms with van der Waals surface area (Å²) in [4.78, 5) is 12.8. The topological polar surface area (TPSA) is 90.2 Å². The van der Waals surface area contributed by atoms with Crippen LogP contribution in [-0.4, -0.2) is 56.5 Å². The minimum absolute atomic E-state index is 0.0148. The maximum atomic E-state index is 14.1.